The molecule has 6 nitrogen and oxygen atoms in total. The Morgan fingerprint density at radius 3 is 2.64 bits per heavy atom. The molecule has 4 rings (SSSR count). The van der Waals surface area contributed by atoms with Crippen molar-refractivity contribution in [3.63, 3.8) is 0 Å². The normalized spacial score (nSPS) is 20.7. The van der Waals surface area contributed by atoms with Gasteiger partial charge in [-0.15, -0.1) is 11.3 Å². The highest BCUT2D eigenvalue weighted by Crippen LogP contribution is 2.40. The molecule has 1 aromatic heterocycles. The molecule has 0 radical (unpaired) electrons. The van der Waals surface area contributed by atoms with Gasteiger partial charge in [0.05, 0.1) is 18.7 Å². The number of anilines is 2. The van der Waals surface area contributed by atoms with Crippen LogP contribution >= 0.6 is 11.3 Å². The first-order chi connectivity index (χ1) is 15.9. The standard InChI is InChI=1S/C26H35N3O3S/c1-4-32-20-11-9-19(10-12-20)27-25(31)24-21-13-8-17(2)15-22(21)33-26(24)28-23(30)16-29-14-6-5-7-18(29)3/h9-12,17-18H,4-8,13-16H2,1-3H3,(H,27,31)(H,28,30)/t17-,18+/m1/s1. The van der Waals surface area contributed by atoms with Crippen LogP contribution in [0, 0.1) is 5.92 Å². The fourth-order valence-corrected chi connectivity index (χ4v) is 6.24. The minimum absolute atomic E-state index is 0.0366. The molecule has 2 heterocycles. The van der Waals surface area contributed by atoms with E-state index in [9.17, 15) is 9.59 Å². The number of carbonyl (C=O) groups excluding carboxylic acids is 2. The van der Waals surface area contributed by atoms with Gasteiger partial charge >= 0.3 is 0 Å². The number of nitrogens with zero attached hydrogens (tertiary/aromatic N) is 1. The van der Waals surface area contributed by atoms with Gasteiger partial charge < -0.3 is 15.4 Å². The zero-order valence-corrected chi connectivity index (χ0v) is 20.7. The van der Waals surface area contributed by atoms with E-state index in [4.69, 9.17) is 4.74 Å². The molecule has 0 unspecified atom stereocenters. The molecular weight excluding hydrogens is 434 g/mol. The summed E-state index contributed by atoms with van der Waals surface area (Å²) in [6.07, 6.45) is 6.39. The number of fused-ring (bicyclic) bond motifs is 1. The summed E-state index contributed by atoms with van der Waals surface area (Å²) in [5, 5.41) is 6.81. The van der Waals surface area contributed by atoms with Crippen LogP contribution in [0.4, 0.5) is 10.7 Å². The molecule has 1 aliphatic carbocycles. The van der Waals surface area contributed by atoms with Crippen LogP contribution in [0.2, 0.25) is 0 Å². The summed E-state index contributed by atoms with van der Waals surface area (Å²) < 4.78 is 5.49. The molecule has 1 saturated heterocycles. The number of hydrogen-bond acceptors (Lipinski definition) is 5. The molecule has 2 atom stereocenters. The summed E-state index contributed by atoms with van der Waals surface area (Å²) in [4.78, 5) is 29.8. The minimum atomic E-state index is -0.159. The fraction of sp³-hybridized carbons (Fsp3) is 0.538. The van der Waals surface area contributed by atoms with Crippen LogP contribution in [0.1, 0.15) is 67.3 Å². The highest BCUT2D eigenvalue weighted by Gasteiger charge is 2.29. The van der Waals surface area contributed by atoms with Crippen molar-refractivity contribution in [2.75, 3.05) is 30.3 Å². The van der Waals surface area contributed by atoms with Gasteiger partial charge in [0, 0.05) is 16.6 Å². The molecule has 0 bridgehead atoms. The lowest BCUT2D eigenvalue weighted by Crippen LogP contribution is -2.42. The van der Waals surface area contributed by atoms with Crippen molar-refractivity contribution in [3.05, 3.63) is 40.3 Å². The second-order valence-corrected chi connectivity index (χ2v) is 10.4. The van der Waals surface area contributed by atoms with Crippen LogP contribution in [0.3, 0.4) is 0 Å². The Morgan fingerprint density at radius 2 is 1.91 bits per heavy atom. The Kier molecular flexibility index (Phi) is 7.71. The SMILES string of the molecule is CCOc1ccc(NC(=O)c2c(NC(=O)CN3CCCC[C@@H]3C)sc3c2CC[C@@H](C)C3)cc1. The molecule has 2 amide bonds. The van der Waals surface area contributed by atoms with Crippen LogP contribution in [0.5, 0.6) is 5.75 Å². The van der Waals surface area contributed by atoms with Crippen molar-refractivity contribution in [1.29, 1.82) is 0 Å². The smallest absolute Gasteiger partial charge is 0.258 e. The highest BCUT2D eigenvalue weighted by molar-refractivity contribution is 7.17. The lowest BCUT2D eigenvalue weighted by molar-refractivity contribution is -0.118. The van der Waals surface area contributed by atoms with Gasteiger partial charge in [-0.05, 0) is 88.2 Å². The van der Waals surface area contributed by atoms with E-state index in [0.717, 1.165) is 50.0 Å². The van der Waals surface area contributed by atoms with Crippen LogP contribution in [-0.4, -0.2) is 42.5 Å². The Bertz CT molecular complexity index is 985. The number of likely N-dealkylation sites (tertiary alicyclic amines) is 1. The van der Waals surface area contributed by atoms with E-state index in [0.29, 0.717) is 41.4 Å². The monoisotopic (exact) mass is 469 g/mol. The van der Waals surface area contributed by atoms with Crippen molar-refractivity contribution >= 4 is 33.8 Å². The third kappa shape index (κ3) is 5.76. The molecule has 7 heteroatoms. The maximum absolute atomic E-state index is 13.4. The first kappa shape index (κ1) is 23.8. The summed E-state index contributed by atoms with van der Waals surface area (Å²) >= 11 is 1.57. The largest absolute Gasteiger partial charge is 0.494 e. The summed E-state index contributed by atoms with van der Waals surface area (Å²) in [6.45, 7) is 8.31. The number of hydrogen-bond donors (Lipinski definition) is 2. The molecule has 178 valence electrons. The fourth-order valence-electron chi connectivity index (χ4n) is 4.82. The number of rotatable bonds is 7. The number of thiophene rings is 1. The molecule has 2 aromatic rings. The molecule has 1 aliphatic heterocycles. The Morgan fingerprint density at radius 1 is 1.12 bits per heavy atom. The summed E-state index contributed by atoms with van der Waals surface area (Å²) in [5.74, 6) is 1.17. The van der Waals surface area contributed by atoms with Crippen LogP contribution in [-0.2, 0) is 17.6 Å². The molecular formula is C26H35N3O3S. The van der Waals surface area contributed by atoms with E-state index < -0.39 is 0 Å². The summed E-state index contributed by atoms with van der Waals surface area (Å²) in [6, 6.07) is 7.82. The van der Waals surface area contributed by atoms with Gasteiger partial charge in [-0.25, -0.2) is 0 Å². The van der Waals surface area contributed by atoms with Crippen molar-refractivity contribution in [2.24, 2.45) is 5.92 Å². The second kappa shape index (κ2) is 10.7. The minimum Gasteiger partial charge on any atom is -0.494 e. The van der Waals surface area contributed by atoms with E-state index in [1.807, 2.05) is 31.2 Å². The zero-order valence-electron chi connectivity index (χ0n) is 19.9. The van der Waals surface area contributed by atoms with Gasteiger partial charge in [0.15, 0.2) is 0 Å². The predicted molar refractivity (Wildman–Crippen MR) is 135 cm³/mol. The van der Waals surface area contributed by atoms with Crippen molar-refractivity contribution in [3.8, 4) is 5.75 Å². The quantitative estimate of drug-likeness (QED) is 0.574. The number of nitrogens with one attached hydrogen (secondary N) is 2. The lowest BCUT2D eigenvalue weighted by Gasteiger charge is -2.32. The van der Waals surface area contributed by atoms with Crippen LogP contribution < -0.4 is 15.4 Å². The molecule has 1 fully saturated rings. The van der Waals surface area contributed by atoms with Crippen molar-refractivity contribution < 1.29 is 14.3 Å². The van der Waals surface area contributed by atoms with E-state index in [1.165, 1.54) is 11.3 Å². The van der Waals surface area contributed by atoms with Gasteiger partial charge in [-0.2, -0.15) is 0 Å². The number of amides is 2. The third-order valence-electron chi connectivity index (χ3n) is 6.70. The Balaban J connectivity index is 1.53. The maximum atomic E-state index is 13.4. The Hall–Kier alpha value is -2.38. The van der Waals surface area contributed by atoms with Gasteiger partial charge in [0.25, 0.3) is 5.91 Å². The van der Waals surface area contributed by atoms with Crippen LogP contribution in [0.25, 0.3) is 0 Å². The topological polar surface area (TPSA) is 70.7 Å². The zero-order chi connectivity index (χ0) is 23.4. The Labute approximate surface area is 200 Å². The van der Waals surface area contributed by atoms with E-state index in [-0.39, 0.29) is 11.8 Å². The number of carbonyl (C=O) groups is 2. The number of benzene rings is 1. The van der Waals surface area contributed by atoms with E-state index in [2.05, 4.69) is 29.4 Å². The maximum Gasteiger partial charge on any atom is 0.258 e. The van der Waals surface area contributed by atoms with Crippen molar-refractivity contribution in [2.45, 2.75) is 65.3 Å². The van der Waals surface area contributed by atoms with Gasteiger partial charge in [0.2, 0.25) is 5.91 Å². The number of ether oxygens (including phenoxy) is 1. The first-order valence-electron chi connectivity index (χ1n) is 12.2. The first-order valence-corrected chi connectivity index (χ1v) is 13.0. The average molecular weight is 470 g/mol. The summed E-state index contributed by atoms with van der Waals surface area (Å²) in [5.41, 5.74) is 2.45. The predicted octanol–water partition coefficient (Wildman–Crippen LogP) is 5.34. The second-order valence-electron chi connectivity index (χ2n) is 9.33. The lowest BCUT2D eigenvalue weighted by atomic mass is 9.88. The molecule has 1 aromatic carbocycles. The van der Waals surface area contributed by atoms with E-state index >= 15 is 0 Å². The summed E-state index contributed by atoms with van der Waals surface area (Å²) in [7, 11) is 0. The third-order valence-corrected chi connectivity index (χ3v) is 7.87. The van der Waals surface area contributed by atoms with Gasteiger partial charge in [-0.1, -0.05) is 13.3 Å². The average Bonchev–Trinajstić information content (AvgIpc) is 3.13. The van der Waals surface area contributed by atoms with Crippen LogP contribution in [0.15, 0.2) is 24.3 Å². The van der Waals surface area contributed by atoms with E-state index in [1.54, 1.807) is 11.3 Å². The van der Waals surface area contributed by atoms with Gasteiger partial charge in [0.1, 0.15) is 10.8 Å². The molecule has 2 N–H and O–H groups in total. The molecule has 0 spiro atoms. The number of piperidine rings is 1. The molecule has 0 saturated carbocycles. The van der Waals surface area contributed by atoms with Gasteiger partial charge in [-0.3, -0.25) is 14.5 Å². The molecule has 33 heavy (non-hydrogen) atoms. The highest BCUT2D eigenvalue weighted by atomic mass is 32.1. The molecule has 2 aliphatic rings. The van der Waals surface area contributed by atoms with Crippen molar-refractivity contribution in [1.82, 2.24) is 4.90 Å².